The summed E-state index contributed by atoms with van der Waals surface area (Å²) in [6.45, 7) is 2.77. The molecule has 5 nitrogen and oxygen atoms in total. The second-order valence-corrected chi connectivity index (χ2v) is 5.08. The van der Waals surface area contributed by atoms with Gasteiger partial charge in [0.2, 0.25) is 11.9 Å². The van der Waals surface area contributed by atoms with Gasteiger partial charge in [0.15, 0.2) is 0 Å². The van der Waals surface area contributed by atoms with Crippen LogP contribution >= 0.6 is 11.6 Å². The van der Waals surface area contributed by atoms with Crippen LogP contribution in [0.15, 0.2) is 12.1 Å². The predicted octanol–water partition coefficient (Wildman–Crippen LogP) is 1.61. The van der Waals surface area contributed by atoms with Crippen LogP contribution in [0, 0.1) is 5.95 Å². The van der Waals surface area contributed by atoms with E-state index < -0.39 is 5.95 Å². The maximum absolute atomic E-state index is 12.8. The number of halogens is 2. The van der Waals surface area contributed by atoms with Gasteiger partial charge in [0, 0.05) is 26.1 Å². The van der Waals surface area contributed by atoms with Crippen molar-refractivity contribution in [3.8, 4) is 0 Å². The summed E-state index contributed by atoms with van der Waals surface area (Å²) in [5.41, 5.74) is 0.155. The van der Waals surface area contributed by atoms with Crippen molar-refractivity contribution in [2.24, 2.45) is 0 Å². The van der Waals surface area contributed by atoms with Crippen molar-refractivity contribution in [3.63, 3.8) is 0 Å². The van der Waals surface area contributed by atoms with Crippen LogP contribution < -0.4 is 5.32 Å². The van der Waals surface area contributed by atoms with Crippen LogP contribution in [0.1, 0.15) is 30.1 Å². The van der Waals surface area contributed by atoms with Crippen LogP contribution in [0.25, 0.3) is 0 Å². The summed E-state index contributed by atoms with van der Waals surface area (Å²) in [6, 6.07) is 2.39. The Morgan fingerprint density at radius 2 is 2.05 bits per heavy atom. The van der Waals surface area contributed by atoms with Crippen LogP contribution in [-0.2, 0) is 4.79 Å². The van der Waals surface area contributed by atoms with Crippen molar-refractivity contribution in [3.05, 3.63) is 28.8 Å². The van der Waals surface area contributed by atoms with Crippen LogP contribution in [0.5, 0.6) is 0 Å². The van der Waals surface area contributed by atoms with Gasteiger partial charge in [-0.15, -0.1) is 0 Å². The van der Waals surface area contributed by atoms with E-state index in [0.29, 0.717) is 25.9 Å². The summed E-state index contributed by atoms with van der Waals surface area (Å²) in [4.78, 5) is 28.4. The fraction of sp³-hybridized carbons (Fsp3) is 0.462. The molecule has 1 N–H and O–H groups in total. The summed E-state index contributed by atoms with van der Waals surface area (Å²) in [5, 5.41) is 2.68. The zero-order chi connectivity index (χ0) is 14.7. The molecule has 20 heavy (non-hydrogen) atoms. The number of rotatable bonds is 2. The fourth-order valence-corrected chi connectivity index (χ4v) is 2.41. The molecule has 1 aromatic rings. The summed E-state index contributed by atoms with van der Waals surface area (Å²) in [7, 11) is 0. The normalized spacial score (nSPS) is 16.1. The van der Waals surface area contributed by atoms with Crippen molar-refractivity contribution < 1.29 is 14.0 Å². The average Bonchev–Trinajstić information content (AvgIpc) is 2.39. The largest absolute Gasteiger partial charge is 0.349 e. The van der Waals surface area contributed by atoms with Gasteiger partial charge >= 0.3 is 0 Å². The van der Waals surface area contributed by atoms with Gasteiger partial charge in [-0.2, -0.15) is 4.39 Å². The van der Waals surface area contributed by atoms with Gasteiger partial charge in [-0.25, -0.2) is 4.98 Å². The maximum Gasteiger partial charge on any atom is 0.254 e. The first-order chi connectivity index (χ1) is 9.47. The number of pyridine rings is 1. The third kappa shape index (κ3) is 3.45. The highest BCUT2D eigenvalue weighted by molar-refractivity contribution is 6.32. The van der Waals surface area contributed by atoms with Gasteiger partial charge in [0.25, 0.3) is 5.91 Å². The van der Waals surface area contributed by atoms with Crippen LogP contribution in [0.3, 0.4) is 0 Å². The van der Waals surface area contributed by atoms with Crippen molar-refractivity contribution in [1.29, 1.82) is 0 Å². The first kappa shape index (κ1) is 14.7. The smallest absolute Gasteiger partial charge is 0.254 e. The number of amides is 2. The van der Waals surface area contributed by atoms with Gasteiger partial charge in [0.1, 0.15) is 5.15 Å². The lowest BCUT2D eigenvalue weighted by Crippen LogP contribution is -2.46. The number of nitrogens with one attached hydrogen (secondary N) is 1. The Bertz CT molecular complexity index is 530. The molecule has 108 valence electrons. The molecule has 1 saturated heterocycles. The van der Waals surface area contributed by atoms with Crippen molar-refractivity contribution >= 4 is 23.4 Å². The Labute approximate surface area is 121 Å². The highest BCUT2D eigenvalue weighted by Crippen LogP contribution is 2.15. The number of piperidine rings is 1. The number of hydrogen-bond donors (Lipinski definition) is 1. The van der Waals surface area contributed by atoms with Gasteiger partial charge in [-0.05, 0) is 25.0 Å². The van der Waals surface area contributed by atoms with E-state index in [-0.39, 0.29) is 28.6 Å². The second-order valence-electron chi connectivity index (χ2n) is 4.73. The molecule has 7 heteroatoms. The van der Waals surface area contributed by atoms with E-state index in [1.807, 2.05) is 0 Å². The van der Waals surface area contributed by atoms with Gasteiger partial charge in [-0.1, -0.05) is 11.6 Å². The highest BCUT2D eigenvalue weighted by Gasteiger charge is 2.23. The van der Waals surface area contributed by atoms with E-state index in [2.05, 4.69) is 10.3 Å². The molecule has 0 aromatic carbocycles. The predicted molar refractivity (Wildman–Crippen MR) is 71.9 cm³/mol. The highest BCUT2D eigenvalue weighted by atomic mass is 35.5. The third-order valence-corrected chi connectivity index (χ3v) is 3.62. The molecule has 2 heterocycles. The molecular formula is C13H15ClFN3O2. The minimum Gasteiger partial charge on any atom is -0.349 e. The van der Waals surface area contributed by atoms with Crippen LogP contribution in [0.4, 0.5) is 4.39 Å². The zero-order valence-corrected chi connectivity index (χ0v) is 11.8. The molecule has 1 aliphatic heterocycles. The Morgan fingerprint density at radius 1 is 1.40 bits per heavy atom. The first-order valence-corrected chi connectivity index (χ1v) is 6.73. The Morgan fingerprint density at radius 3 is 2.60 bits per heavy atom. The second kappa shape index (κ2) is 6.17. The van der Waals surface area contributed by atoms with E-state index in [4.69, 9.17) is 11.6 Å². The maximum atomic E-state index is 12.8. The molecule has 0 saturated carbocycles. The quantitative estimate of drug-likeness (QED) is 0.844. The molecular weight excluding hydrogens is 285 g/mol. The van der Waals surface area contributed by atoms with E-state index in [1.54, 1.807) is 4.90 Å². The number of carbonyl (C=O) groups is 2. The van der Waals surface area contributed by atoms with Crippen LogP contribution in [-0.4, -0.2) is 40.8 Å². The molecule has 2 amide bonds. The monoisotopic (exact) mass is 299 g/mol. The summed E-state index contributed by atoms with van der Waals surface area (Å²) in [6.07, 6.45) is 1.38. The van der Waals surface area contributed by atoms with E-state index in [1.165, 1.54) is 13.0 Å². The van der Waals surface area contributed by atoms with Crippen molar-refractivity contribution in [2.45, 2.75) is 25.8 Å². The lowest BCUT2D eigenvalue weighted by Gasteiger charge is -2.31. The standard InChI is InChI=1S/C13H15ClFN3O2/c1-8(19)18-6-4-9(5-7-18)16-13(20)10-2-3-11(15)17-12(10)14/h2-3,9H,4-7H2,1H3,(H,16,20). The Balaban J connectivity index is 1.94. The minimum absolute atomic E-state index is 0.0146. The molecule has 1 aliphatic rings. The summed E-state index contributed by atoms with van der Waals surface area (Å²) in [5.74, 6) is -1.05. The molecule has 0 atom stereocenters. The third-order valence-electron chi connectivity index (χ3n) is 3.33. The minimum atomic E-state index is -0.721. The average molecular weight is 300 g/mol. The molecule has 0 aliphatic carbocycles. The van der Waals surface area contributed by atoms with Crippen LogP contribution in [0.2, 0.25) is 5.15 Å². The number of nitrogens with zero attached hydrogens (tertiary/aromatic N) is 2. The molecule has 2 rings (SSSR count). The summed E-state index contributed by atoms with van der Waals surface area (Å²) < 4.78 is 12.8. The molecule has 0 radical (unpaired) electrons. The number of carbonyl (C=O) groups excluding carboxylic acids is 2. The molecule has 0 unspecified atom stereocenters. The molecule has 1 aromatic heterocycles. The fourth-order valence-electron chi connectivity index (χ4n) is 2.18. The molecule has 0 bridgehead atoms. The van der Waals surface area contributed by atoms with Crippen molar-refractivity contribution in [1.82, 2.24) is 15.2 Å². The van der Waals surface area contributed by atoms with Gasteiger partial charge in [0.05, 0.1) is 5.56 Å². The summed E-state index contributed by atoms with van der Waals surface area (Å²) >= 11 is 5.74. The molecule has 0 spiro atoms. The first-order valence-electron chi connectivity index (χ1n) is 6.36. The Kier molecular flexibility index (Phi) is 4.54. The van der Waals surface area contributed by atoms with Gasteiger partial charge < -0.3 is 10.2 Å². The van der Waals surface area contributed by atoms with E-state index in [9.17, 15) is 14.0 Å². The lowest BCUT2D eigenvalue weighted by molar-refractivity contribution is -0.129. The topological polar surface area (TPSA) is 62.3 Å². The Hall–Kier alpha value is -1.69. The van der Waals surface area contributed by atoms with Crippen molar-refractivity contribution in [2.75, 3.05) is 13.1 Å². The zero-order valence-electron chi connectivity index (χ0n) is 11.0. The van der Waals surface area contributed by atoms with Gasteiger partial charge in [-0.3, -0.25) is 9.59 Å². The lowest BCUT2D eigenvalue weighted by atomic mass is 10.0. The number of likely N-dealkylation sites (tertiary alicyclic amines) is 1. The van der Waals surface area contributed by atoms with E-state index in [0.717, 1.165) is 6.07 Å². The molecule has 1 fully saturated rings. The van der Waals surface area contributed by atoms with E-state index >= 15 is 0 Å². The number of aromatic nitrogens is 1. The number of hydrogen-bond acceptors (Lipinski definition) is 3. The SMILES string of the molecule is CC(=O)N1CCC(NC(=O)c2ccc(F)nc2Cl)CC1.